The van der Waals surface area contributed by atoms with Crippen LogP contribution in [0.2, 0.25) is 0 Å². The average Bonchev–Trinajstić information content (AvgIpc) is 2.58. The van der Waals surface area contributed by atoms with Crippen LogP contribution in [-0.4, -0.2) is 50.4 Å². The Morgan fingerprint density at radius 1 is 1.20 bits per heavy atom. The summed E-state index contributed by atoms with van der Waals surface area (Å²) in [5, 5.41) is 7.09. The van der Waals surface area contributed by atoms with Crippen molar-refractivity contribution in [3.63, 3.8) is 0 Å². The first-order valence-corrected chi connectivity index (χ1v) is 9.42. The summed E-state index contributed by atoms with van der Waals surface area (Å²) in [5.41, 5.74) is 0.833. The maximum Gasteiger partial charge on any atom is 0.170 e. The van der Waals surface area contributed by atoms with Crippen molar-refractivity contribution in [2.45, 2.75) is 26.7 Å². The van der Waals surface area contributed by atoms with Crippen molar-refractivity contribution in [3.8, 4) is 11.5 Å². The van der Waals surface area contributed by atoms with Crippen molar-refractivity contribution in [3.05, 3.63) is 18.2 Å². The van der Waals surface area contributed by atoms with Crippen LogP contribution in [0.4, 0.5) is 5.69 Å². The highest BCUT2D eigenvalue weighted by molar-refractivity contribution is 7.80. The highest BCUT2D eigenvalue weighted by Crippen LogP contribution is 2.28. The summed E-state index contributed by atoms with van der Waals surface area (Å²) in [4.78, 5) is 2.57. The predicted molar refractivity (Wildman–Crippen MR) is 108 cm³/mol. The van der Waals surface area contributed by atoms with Gasteiger partial charge >= 0.3 is 0 Å². The lowest BCUT2D eigenvalue weighted by molar-refractivity contribution is 0.140. The quantitative estimate of drug-likeness (QED) is 0.571. The van der Waals surface area contributed by atoms with Crippen molar-refractivity contribution in [2.75, 3.05) is 45.7 Å². The van der Waals surface area contributed by atoms with Crippen molar-refractivity contribution in [2.24, 2.45) is 11.8 Å². The van der Waals surface area contributed by atoms with E-state index in [-0.39, 0.29) is 0 Å². The normalized spacial score (nSPS) is 20.8. The Labute approximate surface area is 157 Å². The second kappa shape index (κ2) is 9.82. The lowest BCUT2D eigenvalue weighted by Crippen LogP contribution is -2.40. The molecule has 0 saturated carbocycles. The molecule has 0 radical (unpaired) electrons. The first kappa shape index (κ1) is 19.8. The molecule has 5 nitrogen and oxygen atoms in total. The van der Waals surface area contributed by atoms with Gasteiger partial charge in [0.25, 0.3) is 0 Å². The van der Waals surface area contributed by atoms with Gasteiger partial charge in [-0.05, 0) is 55.6 Å². The number of piperidine rings is 1. The standard InChI is InChI=1S/C19H31N3O2S/c1-14-10-15(2)13-22(12-14)9-5-8-20-19(25)21-17-7-6-16(23-3)11-18(17)24-4/h6-7,11,14-15H,5,8-10,12-13H2,1-4H3,(H2,20,21,25)/t14-,15+. The van der Waals surface area contributed by atoms with Crippen LogP contribution in [0, 0.1) is 11.8 Å². The molecule has 1 saturated heterocycles. The molecule has 2 N–H and O–H groups in total. The van der Waals surface area contributed by atoms with Crippen LogP contribution >= 0.6 is 12.2 Å². The Kier molecular flexibility index (Phi) is 7.78. The molecule has 0 aromatic heterocycles. The smallest absolute Gasteiger partial charge is 0.170 e. The third kappa shape index (κ3) is 6.36. The maximum atomic E-state index is 5.39. The summed E-state index contributed by atoms with van der Waals surface area (Å²) in [6.07, 6.45) is 2.44. The molecule has 0 bridgehead atoms. The fraction of sp³-hybridized carbons (Fsp3) is 0.632. The number of methoxy groups -OCH3 is 2. The SMILES string of the molecule is COc1ccc(NC(=S)NCCCN2C[C@H](C)C[C@H](C)C2)c(OC)c1. The van der Waals surface area contributed by atoms with E-state index in [2.05, 4.69) is 29.4 Å². The van der Waals surface area contributed by atoms with E-state index in [9.17, 15) is 0 Å². The fourth-order valence-corrected chi connectivity index (χ4v) is 3.76. The number of hydrogen-bond donors (Lipinski definition) is 2. The van der Waals surface area contributed by atoms with E-state index >= 15 is 0 Å². The number of thiocarbonyl (C=S) groups is 1. The number of anilines is 1. The van der Waals surface area contributed by atoms with Crippen LogP contribution in [0.1, 0.15) is 26.7 Å². The van der Waals surface area contributed by atoms with Gasteiger partial charge in [0.1, 0.15) is 11.5 Å². The number of hydrogen-bond acceptors (Lipinski definition) is 4. The molecular weight excluding hydrogens is 334 g/mol. The van der Waals surface area contributed by atoms with E-state index in [0.717, 1.165) is 42.8 Å². The van der Waals surface area contributed by atoms with Gasteiger partial charge in [-0.3, -0.25) is 0 Å². The van der Waals surface area contributed by atoms with Crippen LogP contribution in [0.5, 0.6) is 11.5 Å². The Morgan fingerprint density at radius 2 is 1.92 bits per heavy atom. The molecule has 140 valence electrons. The third-order valence-electron chi connectivity index (χ3n) is 4.54. The summed E-state index contributed by atoms with van der Waals surface area (Å²) < 4.78 is 10.6. The van der Waals surface area contributed by atoms with Crippen molar-refractivity contribution in [1.82, 2.24) is 10.2 Å². The number of benzene rings is 1. The lowest BCUT2D eigenvalue weighted by atomic mass is 9.92. The molecule has 1 fully saturated rings. The van der Waals surface area contributed by atoms with Gasteiger partial charge < -0.3 is 25.0 Å². The molecule has 1 aromatic carbocycles. The first-order chi connectivity index (χ1) is 12.0. The van der Waals surface area contributed by atoms with E-state index < -0.39 is 0 Å². The van der Waals surface area contributed by atoms with Gasteiger partial charge in [0, 0.05) is 25.7 Å². The molecule has 0 unspecified atom stereocenters. The molecule has 25 heavy (non-hydrogen) atoms. The molecule has 0 spiro atoms. The Hall–Kier alpha value is -1.53. The Morgan fingerprint density at radius 3 is 2.56 bits per heavy atom. The number of nitrogens with one attached hydrogen (secondary N) is 2. The highest BCUT2D eigenvalue weighted by Gasteiger charge is 2.20. The minimum Gasteiger partial charge on any atom is -0.497 e. The minimum atomic E-state index is 0.615. The number of rotatable bonds is 7. The lowest BCUT2D eigenvalue weighted by Gasteiger charge is -2.35. The van der Waals surface area contributed by atoms with Gasteiger partial charge in [-0.25, -0.2) is 0 Å². The molecule has 6 heteroatoms. The van der Waals surface area contributed by atoms with Gasteiger partial charge in [-0.15, -0.1) is 0 Å². The summed E-state index contributed by atoms with van der Waals surface area (Å²) in [7, 11) is 3.27. The van der Waals surface area contributed by atoms with Crippen molar-refractivity contribution in [1.29, 1.82) is 0 Å². The Bertz CT molecular complexity index is 558. The first-order valence-electron chi connectivity index (χ1n) is 9.01. The van der Waals surface area contributed by atoms with E-state index in [0.29, 0.717) is 10.9 Å². The molecule has 2 rings (SSSR count). The fourth-order valence-electron chi connectivity index (χ4n) is 3.55. The second-order valence-corrected chi connectivity index (χ2v) is 7.41. The van der Waals surface area contributed by atoms with Crippen molar-refractivity contribution < 1.29 is 9.47 Å². The van der Waals surface area contributed by atoms with E-state index in [1.165, 1.54) is 19.5 Å². The highest BCUT2D eigenvalue weighted by atomic mass is 32.1. The summed E-state index contributed by atoms with van der Waals surface area (Å²) in [6, 6.07) is 5.62. The van der Waals surface area contributed by atoms with E-state index in [1.54, 1.807) is 14.2 Å². The average molecular weight is 366 g/mol. The van der Waals surface area contributed by atoms with Gasteiger partial charge in [-0.2, -0.15) is 0 Å². The van der Waals surface area contributed by atoms with Gasteiger partial charge in [0.2, 0.25) is 0 Å². The monoisotopic (exact) mass is 365 g/mol. The molecule has 0 amide bonds. The predicted octanol–water partition coefficient (Wildman–Crippen LogP) is 3.36. The summed E-state index contributed by atoms with van der Waals surface area (Å²) in [6.45, 7) is 9.12. The zero-order valence-corrected chi connectivity index (χ0v) is 16.6. The number of ether oxygens (including phenoxy) is 2. The van der Waals surface area contributed by atoms with Crippen molar-refractivity contribution >= 4 is 23.0 Å². The van der Waals surface area contributed by atoms with Gasteiger partial charge in [0.15, 0.2) is 5.11 Å². The minimum absolute atomic E-state index is 0.615. The number of likely N-dealkylation sites (tertiary alicyclic amines) is 1. The zero-order chi connectivity index (χ0) is 18.2. The second-order valence-electron chi connectivity index (χ2n) is 7.01. The van der Waals surface area contributed by atoms with Gasteiger partial charge in [-0.1, -0.05) is 13.8 Å². The molecule has 1 aromatic rings. The Balaban J connectivity index is 1.72. The largest absolute Gasteiger partial charge is 0.497 e. The molecule has 0 aliphatic carbocycles. The van der Waals surface area contributed by atoms with Crippen LogP contribution in [-0.2, 0) is 0 Å². The summed E-state index contributed by atoms with van der Waals surface area (Å²) >= 11 is 5.39. The van der Waals surface area contributed by atoms with E-state index in [4.69, 9.17) is 21.7 Å². The van der Waals surface area contributed by atoms with E-state index in [1.807, 2.05) is 18.2 Å². The molecule has 1 aliphatic heterocycles. The van der Waals surface area contributed by atoms with Crippen LogP contribution in [0.3, 0.4) is 0 Å². The number of nitrogens with zero attached hydrogens (tertiary/aromatic N) is 1. The molecule has 1 aliphatic rings. The van der Waals surface area contributed by atoms with Gasteiger partial charge in [0.05, 0.1) is 19.9 Å². The molecule has 1 heterocycles. The molecule has 2 atom stereocenters. The van der Waals surface area contributed by atoms with Crippen LogP contribution in [0.25, 0.3) is 0 Å². The molecular formula is C19H31N3O2S. The van der Waals surface area contributed by atoms with Crippen LogP contribution in [0.15, 0.2) is 18.2 Å². The maximum absolute atomic E-state index is 5.39. The zero-order valence-electron chi connectivity index (χ0n) is 15.8. The topological polar surface area (TPSA) is 45.8 Å². The van der Waals surface area contributed by atoms with Crippen LogP contribution < -0.4 is 20.1 Å². The third-order valence-corrected chi connectivity index (χ3v) is 4.78. The summed E-state index contributed by atoms with van der Waals surface area (Å²) in [5.74, 6) is 3.08.